The van der Waals surface area contributed by atoms with Crippen LogP contribution >= 0.6 is 0 Å². The summed E-state index contributed by atoms with van der Waals surface area (Å²) in [6.07, 6.45) is 3.55. The van der Waals surface area contributed by atoms with Crippen molar-refractivity contribution in [2.24, 2.45) is 0 Å². The average molecular weight is 111 g/mol. The lowest BCUT2D eigenvalue weighted by Gasteiger charge is -2.08. The fraction of sp³-hybridized carbons (Fsp3) is 0.333. The summed E-state index contributed by atoms with van der Waals surface area (Å²) in [6, 6.07) is 0. The summed E-state index contributed by atoms with van der Waals surface area (Å²) >= 11 is 0. The second-order valence-corrected chi connectivity index (χ2v) is 1.86. The zero-order valence-electron chi connectivity index (χ0n) is 4.81. The Hall–Kier alpha value is -0.920. The highest BCUT2D eigenvalue weighted by molar-refractivity contribution is 5.17. The molecule has 44 valence electrons. The number of aliphatic hydroxyl groups excluding tert-OH is 1. The van der Waals surface area contributed by atoms with E-state index < -0.39 is 0 Å². The molecule has 8 heavy (non-hydrogen) atoms. The van der Waals surface area contributed by atoms with Crippen molar-refractivity contribution in [1.82, 2.24) is 5.32 Å². The average Bonchev–Trinajstić information content (AvgIpc) is 1.77. The first-order chi connectivity index (χ1) is 3.79. The van der Waals surface area contributed by atoms with E-state index in [0.29, 0.717) is 12.3 Å². The molecule has 0 saturated heterocycles. The van der Waals surface area contributed by atoms with Gasteiger partial charge < -0.3 is 10.4 Å². The van der Waals surface area contributed by atoms with Crippen LogP contribution in [0.5, 0.6) is 0 Å². The van der Waals surface area contributed by atoms with Gasteiger partial charge in [-0.25, -0.2) is 0 Å². The number of rotatable bonds is 0. The van der Waals surface area contributed by atoms with E-state index in [9.17, 15) is 0 Å². The van der Waals surface area contributed by atoms with Gasteiger partial charge in [0.15, 0.2) is 0 Å². The molecule has 0 radical (unpaired) electrons. The molecule has 0 aromatic rings. The zero-order chi connectivity index (χ0) is 5.98. The van der Waals surface area contributed by atoms with Crippen LogP contribution in [0.4, 0.5) is 0 Å². The van der Waals surface area contributed by atoms with Crippen molar-refractivity contribution < 1.29 is 5.11 Å². The van der Waals surface area contributed by atoms with Crippen molar-refractivity contribution in [2.45, 2.75) is 6.92 Å². The van der Waals surface area contributed by atoms with E-state index in [0.717, 1.165) is 5.70 Å². The first-order valence-electron chi connectivity index (χ1n) is 2.59. The minimum Gasteiger partial charge on any atom is -0.510 e. The fourth-order valence-electron chi connectivity index (χ4n) is 0.569. The van der Waals surface area contributed by atoms with E-state index in [2.05, 4.69) is 5.32 Å². The maximum absolute atomic E-state index is 8.78. The largest absolute Gasteiger partial charge is 0.510 e. The molecule has 0 aliphatic carbocycles. The molecule has 1 heterocycles. The molecule has 0 unspecified atom stereocenters. The molecule has 0 fully saturated rings. The molecule has 1 aliphatic heterocycles. The van der Waals surface area contributed by atoms with E-state index in [1.807, 2.05) is 13.0 Å². The van der Waals surface area contributed by atoms with Gasteiger partial charge in [-0.15, -0.1) is 0 Å². The van der Waals surface area contributed by atoms with Gasteiger partial charge in [0.25, 0.3) is 0 Å². The van der Waals surface area contributed by atoms with Crippen LogP contribution in [0.15, 0.2) is 23.6 Å². The lowest BCUT2D eigenvalue weighted by molar-refractivity contribution is 0.391. The van der Waals surface area contributed by atoms with E-state index in [1.54, 1.807) is 6.08 Å². The summed E-state index contributed by atoms with van der Waals surface area (Å²) < 4.78 is 0. The molecule has 0 saturated carbocycles. The molecule has 0 aromatic carbocycles. The van der Waals surface area contributed by atoms with Gasteiger partial charge in [0.1, 0.15) is 5.76 Å². The van der Waals surface area contributed by atoms with Crippen molar-refractivity contribution in [3.63, 3.8) is 0 Å². The van der Waals surface area contributed by atoms with E-state index in [4.69, 9.17) is 5.11 Å². The van der Waals surface area contributed by atoms with Gasteiger partial charge in [-0.3, -0.25) is 0 Å². The minimum atomic E-state index is 0.399. The van der Waals surface area contributed by atoms with Crippen LogP contribution in [-0.4, -0.2) is 11.7 Å². The highest BCUT2D eigenvalue weighted by atomic mass is 16.3. The fourth-order valence-corrected chi connectivity index (χ4v) is 0.569. The molecule has 1 rings (SSSR count). The highest BCUT2D eigenvalue weighted by Crippen LogP contribution is 1.98. The Bertz CT molecular complexity index is 129. The summed E-state index contributed by atoms with van der Waals surface area (Å²) in [5.74, 6) is 0.399. The third kappa shape index (κ3) is 1.03. The summed E-state index contributed by atoms with van der Waals surface area (Å²) in [5, 5.41) is 11.8. The number of allylic oxidation sites excluding steroid dienone is 3. The maximum atomic E-state index is 8.78. The van der Waals surface area contributed by atoms with Crippen molar-refractivity contribution in [1.29, 1.82) is 0 Å². The van der Waals surface area contributed by atoms with Gasteiger partial charge in [0.05, 0.1) is 6.54 Å². The Morgan fingerprint density at radius 1 is 1.62 bits per heavy atom. The minimum absolute atomic E-state index is 0.399. The SMILES string of the molecule is CC1=CC=C(O)CN1. The molecule has 0 bridgehead atoms. The van der Waals surface area contributed by atoms with Crippen LogP contribution in [0.3, 0.4) is 0 Å². The Kier molecular flexibility index (Phi) is 1.24. The van der Waals surface area contributed by atoms with Gasteiger partial charge in [0.2, 0.25) is 0 Å². The molecule has 0 spiro atoms. The summed E-state index contributed by atoms with van der Waals surface area (Å²) in [7, 11) is 0. The Morgan fingerprint density at radius 3 is 2.75 bits per heavy atom. The quantitative estimate of drug-likeness (QED) is 0.487. The molecule has 1 aliphatic rings. The smallest absolute Gasteiger partial charge is 0.111 e. The van der Waals surface area contributed by atoms with Gasteiger partial charge in [-0.2, -0.15) is 0 Å². The number of hydrogen-bond acceptors (Lipinski definition) is 2. The van der Waals surface area contributed by atoms with Crippen LogP contribution in [0.2, 0.25) is 0 Å². The Balaban J connectivity index is 2.65. The first-order valence-corrected chi connectivity index (χ1v) is 2.59. The second-order valence-electron chi connectivity index (χ2n) is 1.86. The monoisotopic (exact) mass is 111 g/mol. The van der Waals surface area contributed by atoms with Gasteiger partial charge in [-0.05, 0) is 19.1 Å². The van der Waals surface area contributed by atoms with E-state index in [-0.39, 0.29) is 0 Å². The number of dihydropyridines is 1. The van der Waals surface area contributed by atoms with Crippen LogP contribution in [-0.2, 0) is 0 Å². The Labute approximate surface area is 48.5 Å². The van der Waals surface area contributed by atoms with Crippen molar-refractivity contribution in [3.8, 4) is 0 Å². The van der Waals surface area contributed by atoms with E-state index in [1.165, 1.54) is 0 Å². The van der Waals surface area contributed by atoms with Crippen LogP contribution in [0.1, 0.15) is 6.92 Å². The summed E-state index contributed by atoms with van der Waals surface area (Å²) in [4.78, 5) is 0. The molecular formula is C6H9NO. The normalized spacial score (nSPS) is 18.6. The molecule has 2 N–H and O–H groups in total. The van der Waals surface area contributed by atoms with Crippen LogP contribution < -0.4 is 5.32 Å². The van der Waals surface area contributed by atoms with E-state index >= 15 is 0 Å². The Morgan fingerprint density at radius 2 is 2.38 bits per heavy atom. The third-order valence-electron chi connectivity index (χ3n) is 1.07. The lowest BCUT2D eigenvalue weighted by Crippen LogP contribution is -2.17. The van der Waals surface area contributed by atoms with Crippen LogP contribution in [0.25, 0.3) is 0 Å². The molecule has 0 atom stereocenters. The van der Waals surface area contributed by atoms with Gasteiger partial charge in [0, 0.05) is 5.70 Å². The topological polar surface area (TPSA) is 32.3 Å². The predicted octanol–water partition coefficient (Wildman–Crippen LogP) is 0.935. The highest BCUT2D eigenvalue weighted by Gasteiger charge is 1.95. The third-order valence-corrected chi connectivity index (χ3v) is 1.07. The molecule has 2 heteroatoms. The molecular weight excluding hydrogens is 102 g/mol. The van der Waals surface area contributed by atoms with Crippen molar-refractivity contribution in [3.05, 3.63) is 23.6 Å². The van der Waals surface area contributed by atoms with Crippen LogP contribution in [0, 0.1) is 0 Å². The first kappa shape index (κ1) is 5.22. The summed E-state index contributed by atoms with van der Waals surface area (Å²) in [6.45, 7) is 2.53. The second kappa shape index (κ2) is 1.90. The summed E-state index contributed by atoms with van der Waals surface area (Å²) in [5.41, 5.74) is 1.10. The number of hydrogen-bond donors (Lipinski definition) is 2. The molecule has 2 nitrogen and oxygen atoms in total. The maximum Gasteiger partial charge on any atom is 0.111 e. The van der Waals surface area contributed by atoms with Crippen molar-refractivity contribution in [2.75, 3.05) is 6.54 Å². The molecule has 0 amide bonds. The van der Waals surface area contributed by atoms with Crippen molar-refractivity contribution >= 4 is 0 Å². The van der Waals surface area contributed by atoms with Gasteiger partial charge >= 0.3 is 0 Å². The van der Waals surface area contributed by atoms with Gasteiger partial charge in [-0.1, -0.05) is 0 Å². The number of aliphatic hydroxyl groups is 1. The zero-order valence-corrected chi connectivity index (χ0v) is 4.81. The molecule has 0 aromatic heterocycles. The lowest BCUT2D eigenvalue weighted by atomic mass is 10.3. The number of nitrogens with one attached hydrogen (secondary N) is 1. The predicted molar refractivity (Wildman–Crippen MR) is 32.5 cm³/mol. The standard InChI is InChI=1S/C6H9NO/c1-5-2-3-6(8)4-7-5/h2-3,7-8H,4H2,1H3.